The van der Waals surface area contributed by atoms with E-state index in [9.17, 15) is 4.79 Å². The molecule has 0 bridgehead atoms. The molecule has 3 rings (SSSR count). The van der Waals surface area contributed by atoms with E-state index in [2.05, 4.69) is 16.1 Å². The molecular weight excluding hydrogens is 310 g/mol. The van der Waals surface area contributed by atoms with Crippen molar-refractivity contribution in [2.45, 2.75) is 19.4 Å². The fraction of sp³-hybridized carbons (Fsp3) is 0.190. The van der Waals surface area contributed by atoms with Gasteiger partial charge in [0, 0.05) is 18.0 Å². The Kier molecular flexibility index (Phi) is 5.88. The van der Waals surface area contributed by atoms with Gasteiger partial charge in [-0.25, -0.2) is 0 Å². The van der Waals surface area contributed by atoms with Gasteiger partial charge in [-0.2, -0.15) is 0 Å². The Balaban J connectivity index is 1.84. The second-order valence-corrected chi connectivity index (χ2v) is 5.82. The van der Waals surface area contributed by atoms with E-state index in [1.807, 2.05) is 66.9 Å². The standard InChI is InChI=1S/C21H21N3O/c25-21(18-10-4-3-5-11-18)24(17-20-13-7-9-15-23-20)16-19-12-6-1-2-8-14-22-19/h1,3-7,9-15H,2,8,16-17H2/b6-1-,19-12-,22-14?. The Hall–Kier alpha value is -3.01. The van der Waals surface area contributed by atoms with Crippen molar-refractivity contribution in [3.8, 4) is 0 Å². The van der Waals surface area contributed by atoms with Crippen LogP contribution in [0.25, 0.3) is 0 Å². The van der Waals surface area contributed by atoms with Crippen LogP contribution in [0.1, 0.15) is 28.9 Å². The molecule has 1 aliphatic rings. The van der Waals surface area contributed by atoms with Gasteiger partial charge < -0.3 is 4.90 Å². The summed E-state index contributed by atoms with van der Waals surface area (Å²) in [5.41, 5.74) is 2.40. The van der Waals surface area contributed by atoms with Gasteiger partial charge in [-0.3, -0.25) is 14.8 Å². The molecule has 0 radical (unpaired) electrons. The lowest BCUT2D eigenvalue weighted by Gasteiger charge is -2.23. The maximum absolute atomic E-state index is 13.0. The molecule has 2 aromatic rings. The summed E-state index contributed by atoms with van der Waals surface area (Å²) >= 11 is 0. The second-order valence-electron chi connectivity index (χ2n) is 5.82. The molecule has 0 aliphatic carbocycles. The van der Waals surface area contributed by atoms with Gasteiger partial charge in [0.2, 0.25) is 0 Å². The summed E-state index contributed by atoms with van der Waals surface area (Å²) in [5, 5.41) is 0. The zero-order valence-corrected chi connectivity index (χ0v) is 14.1. The van der Waals surface area contributed by atoms with E-state index < -0.39 is 0 Å². The molecule has 0 N–H and O–H groups in total. The summed E-state index contributed by atoms with van der Waals surface area (Å²) in [5.74, 6) is -0.0200. The fourth-order valence-electron chi connectivity index (χ4n) is 2.61. The third-order valence-electron chi connectivity index (χ3n) is 3.88. The summed E-state index contributed by atoms with van der Waals surface area (Å²) in [6.45, 7) is 0.899. The third-order valence-corrected chi connectivity index (χ3v) is 3.88. The summed E-state index contributed by atoms with van der Waals surface area (Å²) in [4.78, 5) is 23.6. The van der Waals surface area contributed by atoms with Crippen LogP contribution in [0.2, 0.25) is 0 Å². The lowest BCUT2D eigenvalue weighted by atomic mass is 10.1. The van der Waals surface area contributed by atoms with Gasteiger partial charge in [0.25, 0.3) is 5.91 Å². The zero-order valence-electron chi connectivity index (χ0n) is 14.1. The molecule has 1 aromatic heterocycles. The SMILES string of the molecule is O=C(c1ccccc1)N(C/C1=C/C=C\CCC=N1)Cc1ccccn1. The molecule has 0 atom stereocenters. The number of carbonyl (C=O) groups is 1. The van der Waals surface area contributed by atoms with Crippen molar-refractivity contribution in [1.82, 2.24) is 9.88 Å². The number of nitrogens with zero attached hydrogens (tertiary/aromatic N) is 3. The monoisotopic (exact) mass is 331 g/mol. The van der Waals surface area contributed by atoms with E-state index in [0.717, 1.165) is 24.2 Å². The summed E-state index contributed by atoms with van der Waals surface area (Å²) < 4.78 is 0. The minimum absolute atomic E-state index is 0.0200. The molecule has 4 heteroatoms. The predicted octanol–water partition coefficient (Wildman–Crippen LogP) is 4.03. The van der Waals surface area contributed by atoms with Crippen molar-refractivity contribution in [3.05, 3.63) is 89.9 Å². The number of benzene rings is 1. The minimum atomic E-state index is -0.0200. The lowest BCUT2D eigenvalue weighted by molar-refractivity contribution is 0.0756. The first-order valence-electron chi connectivity index (χ1n) is 8.45. The van der Waals surface area contributed by atoms with Crippen LogP contribution in [0.4, 0.5) is 0 Å². The third kappa shape index (κ3) is 4.98. The van der Waals surface area contributed by atoms with Gasteiger partial charge in [-0.1, -0.05) is 36.4 Å². The van der Waals surface area contributed by atoms with Gasteiger partial charge in [-0.15, -0.1) is 0 Å². The molecule has 1 aromatic carbocycles. The first-order chi connectivity index (χ1) is 12.3. The average molecular weight is 331 g/mol. The molecule has 1 amide bonds. The molecule has 126 valence electrons. The van der Waals surface area contributed by atoms with Gasteiger partial charge in [0.15, 0.2) is 0 Å². The summed E-state index contributed by atoms with van der Waals surface area (Å²) in [7, 11) is 0. The number of hydrogen-bond acceptors (Lipinski definition) is 3. The van der Waals surface area contributed by atoms with E-state index in [1.54, 1.807) is 11.1 Å². The normalized spacial score (nSPS) is 17.0. The quantitative estimate of drug-likeness (QED) is 0.830. The van der Waals surface area contributed by atoms with Crippen molar-refractivity contribution in [1.29, 1.82) is 0 Å². The van der Waals surface area contributed by atoms with Crippen LogP contribution in [0.5, 0.6) is 0 Å². The number of amides is 1. The van der Waals surface area contributed by atoms with Crippen molar-refractivity contribution in [3.63, 3.8) is 0 Å². The van der Waals surface area contributed by atoms with E-state index >= 15 is 0 Å². The maximum atomic E-state index is 13.0. The van der Waals surface area contributed by atoms with E-state index in [1.165, 1.54) is 0 Å². The molecule has 4 nitrogen and oxygen atoms in total. The highest BCUT2D eigenvalue weighted by molar-refractivity contribution is 5.94. The molecule has 0 unspecified atom stereocenters. The fourth-order valence-corrected chi connectivity index (χ4v) is 2.61. The smallest absolute Gasteiger partial charge is 0.254 e. The number of rotatable bonds is 5. The van der Waals surface area contributed by atoms with E-state index in [4.69, 9.17) is 0 Å². The Labute approximate surface area is 148 Å². The highest BCUT2D eigenvalue weighted by Gasteiger charge is 2.17. The van der Waals surface area contributed by atoms with Gasteiger partial charge in [0.1, 0.15) is 0 Å². The molecule has 25 heavy (non-hydrogen) atoms. The second kappa shape index (κ2) is 8.73. The highest BCUT2D eigenvalue weighted by atomic mass is 16.2. The number of aromatic nitrogens is 1. The van der Waals surface area contributed by atoms with Crippen LogP contribution in [-0.4, -0.2) is 28.6 Å². The molecule has 0 fully saturated rings. The van der Waals surface area contributed by atoms with Crippen molar-refractivity contribution in [2.24, 2.45) is 4.99 Å². The number of allylic oxidation sites excluding steroid dienone is 3. The Morgan fingerprint density at radius 3 is 2.64 bits per heavy atom. The Bertz CT molecular complexity index is 779. The van der Waals surface area contributed by atoms with Gasteiger partial charge in [-0.05, 0) is 43.2 Å². The number of hydrogen-bond donors (Lipinski definition) is 0. The van der Waals surface area contributed by atoms with Gasteiger partial charge >= 0.3 is 0 Å². The zero-order chi connectivity index (χ0) is 17.3. The van der Waals surface area contributed by atoms with Crippen LogP contribution >= 0.6 is 0 Å². The first-order valence-corrected chi connectivity index (χ1v) is 8.45. The number of carbonyl (C=O) groups excluding carboxylic acids is 1. The van der Waals surface area contributed by atoms with Crippen molar-refractivity contribution >= 4 is 12.1 Å². The molecule has 0 spiro atoms. The van der Waals surface area contributed by atoms with Gasteiger partial charge in [0.05, 0.1) is 24.5 Å². The topological polar surface area (TPSA) is 45.6 Å². The van der Waals surface area contributed by atoms with E-state index in [0.29, 0.717) is 18.7 Å². The van der Waals surface area contributed by atoms with Crippen LogP contribution in [-0.2, 0) is 6.54 Å². The van der Waals surface area contributed by atoms with Crippen LogP contribution in [0, 0.1) is 0 Å². The van der Waals surface area contributed by atoms with Crippen LogP contribution in [0.15, 0.2) is 83.6 Å². The van der Waals surface area contributed by atoms with Crippen molar-refractivity contribution < 1.29 is 4.79 Å². The minimum Gasteiger partial charge on any atom is -0.327 e. The largest absolute Gasteiger partial charge is 0.327 e. The molecule has 0 saturated heterocycles. The maximum Gasteiger partial charge on any atom is 0.254 e. The molecule has 0 saturated carbocycles. The van der Waals surface area contributed by atoms with Crippen molar-refractivity contribution in [2.75, 3.05) is 6.54 Å². The summed E-state index contributed by atoms with van der Waals surface area (Å²) in [6.07, 6.45) is 11.7. The first kappa shape index (κ1) is 16.8. The Morgan fingerprint density at radius 2 is 1.84 bits per heavy atom. The molecular formula is C21H21N3O. The molecule has 1 aliphatic heterocycles. The Morgan fingerprint density at radius 1 is 1.00 bits per heavy atom. The predicted molar refractivity (Wildman–Crippen MR) is 100 cm³/mol. The number of aliphatic imine (C=N–C) groups is 1. The van der Waals surface area contributed by atoms with Crippen LogP contribution in [0.3, 0.4) is 0 Å². The molecule has 2 heterocycles. The lowest BCUT2D eigenvalue weighted by Crippen LogP contribution is -2.32. The van der Waals surface area contributed by atoms with Crippen LogP contribution < -0.4 is 0 Å². The van der Waals surface area contributed by atoms with E-state index in [-0.39, 0.29) is 5.91 Å². The highest BCUT2D eigenvalue weighted by Crippen LogP contribution is 2.13. The average Bonchev–Trinajstić information content (AvgIpc) is 2.64. The number of pyridine rings is 1. The summed E-state index contributed by atoms with van der Waals surface area (Å²) in [6, 6.07) is 15.1.